The molecular formula is C13H15BrFN5. The highest BCUT2D eigenvalue weighted by molar-refractivity contribution is 9.10. The maximum atomic E-state index is 13.3. The van der Waals surface area contributed by atoms with Gasteiger partial charge in [0, 0.05) is 10.0 Å². The van der Waals surface area contributed by atoms with E-state index in [1.54, 1.807) is 6.07 Å². The van der Waals surface area contributed by atoms with Gasteiger partial charge in [-0.05, 0) is 40.0 Å². The van der Waals surface area contributed by atoms with Crippen LogP contribution in [0, 0.1) is 5.82 Å². The molecule has 0 aliphatic heterocycles. The monoisotopic (exact) mass is 339 g/mol. The third kappa shape index (κ3) is 3.05. The molecule has 0 spiro atoms. The van der Waals surface area contributed by atoms with Gasteiger partial charge in [0.15, 0.2) is 0 Å². The molecular weight excluding hydrogens is 325 g/mol. The van der Waals surface area contributed by atoms with E-state index in [9.17, 15) is 4.39 Å². The zero-order valence-electron chi connectivity index (χ0n) is 11.1. The Morgan fingerprint density at radius 1 is 1.25 bits per heavy atom. The number of aromatic nitrogens is 2. The zero-order chi connectivity index (χ0) is 14.7. The second-order valence-corrected chi connectivity index (χ2v) is 5.39. The fourth-order valence-electron chi connectivity index (χ4n) is 1.88. The Hall–Kier alpha value is -1.73. The lowest BCUT2D eigenvalue weighted by Crippen LogP contribution is -2.14. The molecule has 20 heavy (non-hydrogen) atoms. The van der Waals surface area contributed by atoms with Gasteiger partial charge in [0.2, 0.25) is 0 Å². The molecule has 0 fully saturated rings. The fourth-order valence-corrected chi connectivity index (χ4v) is 2.22. The standard InChI is InChI=1S/C13H15BrFN5/c1-7(2)11-12(17-6-18-13(11)20-16)19-10-5-8(15)3-4-9(10)14/h3-7H,16H2,1-2H3,(H2,17,18,19,20). The summed E-state index contributed by atoms with van der Waals surface area (Å²) in [5, 5.41) is 3.10. The second-order valence-electron chi connectivity index (χ2n) is 4.53. The maximum absolute atomic E-state index is 13.3. The Labute approximate surface area is 124 Å². The van der Waals surface area contributed by atoms with Crippen molar-refractivity contribution < 1.29 is 4.39 Å². The minimum absolute atomic E-state index is 0.150. The van der Waals surface area contributed by atoms with Crippen LogP contribution in [0.2, 0.25) is 0 Å². The van der Waals surface area contributed by atoms with Crippen molar-refractivity contribution in [3.8, 4) is 0 Å². The number of halogens is 2. The first kappa shape index (κ1) is 14.7. The molecule has 0 unspecified atom stereocenters. The van der Waals surface area contributed by atoms with E-state index in [4.69, 9.17) is 5.84 Å². The molecule has 0 saturated heterocycles. The summed E-state index contributed by atoms with van der Waals surface area (Å²) in [5.41, 5.74) is 3.98. The van der Waals surface area contributed by atoms with E-state index in [2.05, 4.69) is 36.6 Å². The predicted molar refractivity (Wildman–Crippen MR) is 81.3 cm³/mol. The van der Waals surface area contributed by atoms with Crippen molar-refractivity contribution in [2.75, 3.05) is 10.7 Å². The van der Waals surface area contributed by atoms with Gasteiger partial charge >= 0.3 is 0 Å². The number of hydrogen-bond acceptors (Lipinski definition) is 5. The van der Waals surface area contributed by atoms with Crippen molar-refractivity contribution in [2.24, 2.45) is 5.84 Å². The Balaban J connectivity index is 2.45. The van der Waals surface area contributed by atoms with Crippen LogP contribution in [-0.4, -0.2) is 9.97 Å². The van der Waals surface area contributed by atoms with Crippen LogP contribution < -0.4 is 16.6 Å². The smallest absolute Gasteiger partial charge is 0.148 e. The Bertz CT molecular complexity index is 618. The molecule has 1 aromatic carbocycles. The van der Waals surface area contributed by atoms with Crippen molar-refractivity contribution in [2.45, 2.75) is 19.8 Å². The number of nitrogens with one attached hydrogen (secondary N) is 2. The van der Waals surface area contributed by atoms with Gasteiger partial charge in [0.25, 0.3) is 0 Å². The summed E-state index contributed by atoms with van der Waals surface area (Å²) in [6.45, 7) is 4.01. The van der Waals surface area contributed by atoms with E-state index in [-0.39, 0.29) is 11.7 Å². The first-order chi connectivity index (χ1) is 9.52. The zero-order valence-corrected chi connectivity index (χ0v) is 12.7. The van der Waals surface area contributed by atoms with Crippen LogP contribution in [-0.2, 0) is 0 Å². The predicted octanol–water partition coefficient (Wildman–Crippen LogP) is 3.53. The molecule has 4 N–H and O–H groups in total. The minimum Gasteiger partial charge on any atom is -0.339 e. The lowest BCUT2D eigenvalue weighted by molar-refractivity contribution is 0.628. The topological polar surface area (TPSA) is 75.9 Å². The summed E-state index contributed by atoms with van der Waals surface area (Å²) in [5.74, 6) is 6.43. The molecule has 106 valence electrons. The summed E-state index contributed by atoms with van der Waals surface area (Å²) in [7, 11) is 0. The molecule has 1 heterocycles. The summed E-state index contributed by atoms with van der Waals surface area (Å²) >= 11 is 3.37. The number of nitrogen functional groups attached to an aromatic ring is 1. The van der Waals surface area contributed by atoms with Crippen LogP contribution in [0.15, 0.2) is 29.0 Å². The van der Waals surface area contributed by atoms with E-state index in [0.29, 0.717) is 17.3 Å². The highest BCUT2D eigenvalue weighted by Gasteiger charge is 2.15. The first-order valence-corrected chi connectivity index (χ1v) is 6.85. The van der Waals surface area contributed by atoms with Crippen molar-refractivity contribution in [3.63, 3.8) is 0 Å². The van der Waals surface area contributed by atoms with Crippen LogP contribution in [0.25, 0.3) is 0 Å². The van der Waals surface area contributed by atoms with Gasteiger partial charge in [0.1, 0.15) is 23.8 Å². The van der Waals surface area contributed by atoms with Crippen LogP contribution >= 0.6 is 15.9 Å². The molecule has 1 aromatic heterocycles. The Kier molecular flexibility index (Phi) is 4.51. The number of hydrazine groups is 1. The molecule has 0 amide bonds. The molecule has 0 saturated carbocycles. The number of benzene rings is 1. The average molecular weight is 340 g/mol. The van der Waals surface area contributed by atoms with Crippen LogP contribution in [0.4, 0.5) is 21.7 Å². The molecule has 0 bridgehead atoms. The van der Waals surface area contributed by atoms with Gasteiger partial charge in [-0.1, -0.05) is 13.8 Å². The van der Waals surface area contributed by atoms with Gasteiger partial charge in [0.05, 0.1) is 5.69 Å². The van der Waals surface area contributed by atoms with Crippen LogP contribution in [0.3, 0.4) is 0 Å². The summed E-state index contributed by atoms with van der Waals surface area (Å²) in [6.07, 6.45) is 1.40. The Morgan fingerprint density at radius 3 is 2.60 bits per heavy atom. The normalized spacial score (nSPS) is 10.7. The van der Waals surface area contributed by atoms with E-state index in [1.807, 2.05) is 13.8 Å². The van der Waals surface area contributed by atoms with Crippen LogP contribution in [0.5, 0.6) is 0 Å². The van der Waals surface area contributed by atoms with Gasteiger partial charge < -0.3 is 10.7 Å². The molecule has 5 nitrogen and oxygen atoms in total. The quantitative estimate of drug-likeness (QED) is 0.586. The molecule has 7 heteroatoms. The molecule has 0 atom stereocenters. The SMILES string of the molecule is CC(C)c1c(NN)ncnc1Nc1cc(F)ccc1Br. The van der Waals surface area contributed by atoms with E-state index in [0.717, 1.165) is 10.0 Å². The number of nitrogens with zero attached hydrogens (tertiary/aromatic N) is 2. The van der Waals surface area contributed by atoms with Crippen molar-refractivity contribution >= 4 is 33.3 Å². The summed E-state index contributed by atoms with van der Waals surface area (Å²) in [4.78, 5) is 8.30. The van der Waals surface area contributed by atoms with Gasteiger partial charge in [-0.3, -0.25) is 0 Å². The molecule has 0 radical (unpaired) electrons. The van der Waals surface area contributed by atoms with Gasteiger partial charge in [-0.15, -0.1) is 0 Å². The lowest BCUT2D eigenvalue weighted by Gasteiger charge is -2.17. The largest absolute Gasteiger partial charge is 0.339 e. The summed E-state index contributed by atoms with van der Waals surface area (Å²) < 4.78 is 14.1. The average Bonchev–Trinajstić information content (AvgIpc) is 2.42. The summed E-state index contributed by atoms with van der Waals surface area (Å²) in [6, 6.07) is 4.41. The van der Waals surface area contributed by atoms with E-state index < -0.39 is 0 Å². The highest BCUT2D eigenvalue weighted by Crippen LogP contribution is 2.32. The first-order valence-electron chi connectivity index (χ1n) is 6.06. The number of nitrogens with two attached hydrogens (primary N) is 1. The third-order valence-corrected chi connectivity index (χ3v) is 3.47. The number of rotatable bonds is 4. The van der Waals surface area contributed by atoms with Crippen LogP contribution in [0.1, 0.15) is 25.3 Å². The number of hydrogen-bond donors (Lipinski definition) is 3. The highest BCUT2D eigenvalue weighted by atomic mass is 79.9. The van der Waals surface area contributed by atoms with Crippen molar-refractivity contribution in [1.82, 2.24) is 9.97 Å². The fraction of sp³-hybridized carbons (Fsp3) is 0.231. The van der Waals surface area contributed by atoms with Crippen molar-refractivity contribution in [3.05, 3.63) is 40.4 Å². The molecule has 0 aliphatic rings. The van der Waals surface area contributed by atoms with E-state index in [1.165, 1.54) is 18.5 Å². The number of anilines is 3. The van der Waals surface area contributed by atoms with Crippen molar-refractivity contribution in [1.29, 1.82) is 0 Å². The Morgan fingerprint density at radius 2 is 1.95 bits per heavy atom. The minimum atomic E-state index is -0.326. The van der Waals surface area contributed by atoms with E-state index >= 15 is 0 Å². The molecule has 0 aliphatic carbocycles. The lowest BCUT2D eigenvalue weighted by atomic mass is 10.0. The van der Waals surface area contributed by atoms with Gasteiger partial charge in [-0.25, -0.2) is 20.2 Å². The maximum Gasteiger partial charge on any atom is 0.148 e. The van der Waals surface area contributed by atoms with Gasteiger partial charge in [-0.2, -0.15) is 0 Å². The second kappa shape index (κ2) is 6.15. The third-order valence-electron chi connectivity index (χ3n) is 2.78. The molecule has 2 aromatic rings. The molecule has 2 rings (SSSR count).